The van der Waals surface area contributed by atoms with Crippen molar-refractivity contribution in [3.63, 3.8) is 0 Å². The molecular weight excluding hydrogens is 742 g/mol. The van der Waals surface area contributed by atoms with Gasteiger partial charge in [0.1, 0.15) is 24.3 Å². The average Bonchev–Trinajstić information content (AvgIpc) is 3.11. The van der Waals surface area contributed by atoms with Crippen molar-refractivity contribution in [1.29, 1.82) is 0 Å². The van der Waals surface area contributed by atoms with Crippen molar-refractivity contribution < 1.29 is 45.4 Å². The first kappa shape index (κ1) is 46.7. The fourth-order valence-corrected chi connectivity index (χ4v) is 6.81. The van der Waals surface area contributed by atoms with Gasteiger partial charge in [0, 0.05) is 37.6 Å². The quantitative estimate of drug-likeness (QED) is 0.217. The molecular formula is C40H60F6N6O4. The second kappa shape index (κ2) is 19.2. The Morgan fingerprint density at radius 2 is 1.04 bits per heavy atom. The molecule has 0 unspecified atom stereocenters. The molecule has 0 aliphatic carbocycles. The molecule has 0 radical (unpaired) electrons. The minimum atomic E-state index is -4.56. The summed E-state index contributed by atoms with van der Waals surface area (Å²) in [6, 6.07) is 4.34. The fraction of sp³-hybridized carbons (Fsp3) is 0.700. The number of ether oxygens (including phenoxy) is 2. The van der Waals surface area contributed by atoms with Gasteiger partial charge in [0.25, 0.3) is 0 Å². The molecule has 316 valence electrons. The van der Waals surface area contributed by atoms with Crippen molar-refractivity contribution in [2.24, 2.45) is 34.5 Å². The highest BCUT2D eigenvalue weighted by Crippen LogP contribution is 2.37. The van der Waals surface area contributed by atoms with Gasteiger partial charge in [-0.3, -0.25) is 9.59 Å². The van der Waals surface area contributed by atoms with E-state index in [0.29, 0.717) is 23.7 Å². The summed E-state index contributed by atoms with van der Waals surface area (Å²) in [5.74, 6) is 0.0180. The number of hydrogen-bond donors (Lipinski definition) is 2. The van der Waals surface area contributed by atoms with Crippen molar-refractivity contribution >= 4 is 11.8 Å². The van der Waals surface area contributed by atoms with Gasteiger partial charge in [0.05, 0.1) is 10.8 Å². The van der Waals surface area contributed by atoms with E-state index in [2.05, 4.69) is 72.2 Å². The summed E-state index contributed by atoms with van der Waals surface area (Å²) in [7, 11) is 4.13. The SMILES string of the molecule is CC(C)[C@@H]1CN(C)CC[C@@H]1NC(=O)C(C)(C)COc1ncccc1C(F)(F)F.CC(C)[C@H]1CN(C)CC[C@H]1NC(=O)C(C)(C)COc1ncccc1C(F)(F)F. The summed E-state index contributed by atoms with van der Waals surface area (Å²) < 4.78 is 89.2. The van der Waals surface area contributed by atoms with Gasteiger partial charge >= 0.3 is 12.4 Å². The van der Waals surface area contributed by atoms with Gasteiger partial charge < -0.3 is 29.9 Å². The molecule has 2 aromatic heterocycles. The molecule has 2 saturated heterocycles. The van der Waals surface area contributed by atoms with E-state index in [4.69, 9.17) is 9.47 Å². The zero-order valence-corrected chi connectivity index (χ0v) is 34.3. The number of hydrogen-bond acceptors (Lipinski definition) is 8. The number of likely N-dealkylation sites (tertiary alicyclic amines) is 2. The van der Waals surface area contributed by atoms with Crippen LogP contribution in [-0.2, 0) is 21.9 Å². The number of carbonyl (C=O) groups is 2. The molecule has 2 aromatic rings. The summed E-state index contributed by atoms with van der Waals surface area (Å²) in [6.45, 7) is 18.4. The van der Waals surface area contributed by atoms with Crippen LogP contribution in [0.1, 0.15) is 79.4 Å². The Morgan fingerprint density at radius 1 is 0.696 bits per heavy atom. The fourth-order valence-electron chi connectivity index (χ4n) is 6.81. The summed E-state index contributed by atoms with van der Waals surface area (Å²) in [4.78, 5) is 37.6. The second-order valence-corrected chi connectivity index (χ2v) is 17.1. The number of alkyl halides is 6. The van der Waals surface area contributed by atoms with Crippen molar-refractivity contribution in [2.45, 2.75) is 92.7 Å². The highest BCUT2D eigenvalue weighted by Gasteiger charge is 2.40. The Bertz CT molecular complexity index is 1470. The number of nitrogens with one attached hydrogen (secondary N) is 2. The van der Waals surface area contributed by atoms with Crippen LogP contribution in [0.2, 0.25) is 0 Å². The Hall–Kier alpha value is -3.66. The lowest BCUT2D eigenvalue weighted by molar-refractivity contribution is -0.141. The Morgan fingerprint density at radius 3 is 1.34 bits per heavy atom. The largest absolute Gasteiger partial charge is 0.476 e. The molecule has 0 spiro atoms. The van der Waals surface area contributed by atoms with Crippen molar-refractivity contribution in [2.75, 3.05) is 53.5 Å². The molecule has 2 N–H and O–H groups in total. The number of rotatable bonds is 12. The second-order valence-electron chi connectivity index (χ2n) is 17.1. The van der Waals surface area contributed by atoms with Crippen LogP contribution >= 0.6 is 0 Å². The zero-order chi connectivity index (χ0) is 42.2. The molecule has 4 rings (SSSR count). The van der Waals surface area contributed by atoms with Crippen molar-refractivity contribution in [3.05, 3.63) is 47.8 Å². The van der Waals surface area contributed by atoms with Gasteiger partial charge in [-0.2, -0.15) is 26.3 Å². The van der Waals surface area contributed by atoms with E-state index in [1.54, 1.807) is 27.7 Å². The molecule has 2 aliphatic rings. The number of nitrogens with zero attached hydrogens (tertiary/aromatic N) is 4. The van der Waals surface area contributed by atoms with Crippen molar-refractivity contribution in [1.82, 2.24) is 30.4 Å². The predicted octanol–water partition coefficient (Wildman–Crippen LogP) is 7.20. The highest BCUT2D eigenvalue weighted by atomic mass is 19.4. The molecule has 0 saturated carbocycles. The molecule has 4 atom stereocenters. The van der Waals surface area contributed by atoms with Crippen LogP contribution in [0.25, 0.3) is 0 Å². The van der Waals surface area contributed by atoms with E-state index in [1.807, 2.05) is 0 Å². The van der Waals surface area contributed by atoms with E-state index in [1.165, 1.54) is 24.5 Å². The Labute approximate surface area is 327 Å². The molecule has 2 fully saturated rings. The summed E-state index contributed by atoms with van der Waals surface area (Å²) >= 11 is 0. The highest BCUT2D eigenvalue weighted by molar-refractivity contribution is 5.82. The van der Waals surface area contributed by atoms with Gasteiger partial charge in [-0.25, -0.2) is 9.97 Å². The summed E-state index contributed by atoms with van der Waals surface area (Å²) in [5, 5.41) is 6.21. The van der Waals surface area contributed by atoms with E-state index in [9.17, 15) is 35.9 Å². The standard InChI is InChI=1S/2C20H30F3N3O2/c2*1-13(2)14-11-26(5)10-8-16(14)25-18(27)19(3,4)12-28-17-15(20(21,22)23)7-6-9-24-17/h2*6-7,9,13-14,16H,8,10-12H2,1-5H3,(H,25,27)/t2*14-,16-/m10/s1. The third-order valence-corrected chi connectivity index (χ3v) is 10.6. The van der Waals surface area contributed by atoms with Crippen LogP contribution in [0.4, 0.5) is 26.3 Å². The van der Waals surface area contributed by atoms with Crippen LogP contribution in [0.15, 0.2) is 36.7 Å². The molecule has 10 nitrogen and oxygen atoms in total. The molecule has 2 amide bonds. The predicted molar refractivity (Wildman–Crippen MR) is 202 cm³/mol. The summed E-state index contributed by atoms with van der Waals surface area (Å²) in [5.41, 5.74) is -3.88. The van der Waals surface area contributed by atoms with Crippen LogP contribution in [0, 0.1) is 34.5 Å². The lowest BCUT2D eigenvalue weighted by atomic mass is 9.82. The van der Waals surface area contributed by atoms with Gasteiger partial charge in [-0.05, 0) is 116 Å². The maximum atomic E-state index is 13.1. The maximum absolute atomic E-state index is 13.1. The number of aromatic nitrogens is 2. The minimum Gasteiger partial charge on any atom is -0.476 e. The van der Waals surface area contributed by atoms with Crippen LogP contribution in [0.3, 0.4) is 0 Å². The molecule has 0 bridgehead atoms. The average molecular weight is 803 g/mol. The minimum absolute atomic E-state index is 0.0450. The smallest absolute Gasteiger partial charge is 0.421 e. The first-order chi connectivity index (χ1) is 25.8. The van der Waals surface area contributed by atoms with Gasteiger partial charge in [-0.15, -0.1) is 0 Å². The van der Waals surface area contributed by atoms with E-state index in [-0.39, 0.29) is 37.1 Å². The number of piperidine rings is 2. The van der Waals surface area contributed by atoms with E-state index >= 15 is 0 Å². The van der Waals surface area contributed by atoms with Gasteiger partial charge in [-0.1, -0.05) is 27.7 Å². The van der Waals surface area contributed by atoms with Gasteiger partial charge in [0.15, 0.2) is 0 Å². The molecule has 16 heteroatoms. The molecule has 0 aromatic carbocycles. The maximum Gasteiger partial charge on any atom is 0.421 e. The van der Waals surface area contributed by atoms with Crippen LogP contribution in [0.5, 0.6) is 11.8 Å². The Kier molecular flexibility index (Phi) is 16.0. The molecule has 56 heavy (non-hydrogen) atoms. The normalized spacial score (nSPS) is 21.6. The lowest BCUT2D eigenvalue weighted by Gasteiger charge is -2.40. The summed E-state index contributed by atoms with van der Waals surface area (Å²) in [6.07, 6.45) is -4.95. The lowest BCUT2D eigenvalue weighted by Crippen LogP contribution is -2.54. The number of pyridine rings is 2. The van der Waals surface area contributed by atoms with E-state index < -0.39 is 46.1 Å². The zero-order valence-electron chi connectivity index (χ0n) is 34.3. The Balaban J connectivity index is 0.000000300. The topological polar surface area (TPSA) is 109 Å². The third-order valence-electron chi connectivity index (χ3n) is 10.6. The first-order valence-corrected chi connectivity index (χ1v) is 19.1. The first-order valence-electron chi connectivity index (χ1n) is 19.1. The number of carbonyl (C=O) groups excluding carboxylic acids is 2. The van der Waals surface area contributed by atoms with Crippen LogP contribution < -0.4 is 20.1 Å². The van der Waals surface area contributed by atoms with Crippen LogP contribution in [-0.4, -0.2) is 97.2 Å². The molecule has 4 heterocycles. The third kappa shape index (κ3) is 13.2. The monoisotopic (exact) mass is 802 g/mol. The number of halogens is 6. The number of amides is 2. The molecule has 2 aliphatic heterocycles. The van der Waals surface area contributed by atoms with Crippen molar-refractivity contribution in [3.8, 4) is 11.8 Å². The van der Waals surface area contributed by atoms with E-state index in [0.717, 1.165) is 51.2 Å². The van der Waals surface area contributed by atoms with Gasteiger partial charge in [0.2, 0.25) is 23.6 Å².